The number of ether oxygens (including phenoxy) is 1. The van der Waals surface area contributed by atoms with E-state index < -0.39 is 34.0 Å². The first-order chi connectivity index (χ1) is 10.6. The van der Waals surface area contributed by atoms with Gasteiger partial charge in [-0.05, 0) is 25.1 Å². The molecule has 0 fully saturated rings. The zero-order valence-corrected chi connectivity index (χ0v) is 13.6. The molecule has 0 aliphatic rings. The van der Waals surface area contributed by atoms with Crippen LogP contribution < -0.4 is 15.4 Å². The second kappa shape index (κ2) is 7.58. The summed E-state index contributed by atoms with van der Waals surface area (Å²) in [4.78, 5) is 34.6. The molecular weight excluding hydrogens is 326 g/mol. The maximum Gasteiger partial charge on any atom is 0.338 e. The van der Waals surface area contributed by atoms with E-state index in [-0.39, 0.29) is 11.3 Å². The third-order valence-corrected chi connectivity index (χ3v) is 3.12. The topological polar surface area (TPSA) is 131 Å². The fourth-order valence-corrected chi connectivity index (χ4v) is 2.04. The Kier molecular flexibility index (Phi) is 6.08. The molecule has 3 N–H and O–H groups in total. The van der Waals surface area contributed by atoms with Crippen LogP contribution in [0.25, 0.3) is 0 Å². The number of anilines is 1. The van der Waals surface area contributed by atoms with Crippen molar-refractivity contribution < 1.29 is 27.5 Å². The van der Waals surface area contributed by atoms with Crippen LogP contribution in [-0.4, -0.2) is 45.7 Å². The van der Waals surface area contributed by atoms with Crippen molar-refractivity contribution in [1.29, 1.82) is 0 Å². The highest BCUT2D eigenvalue weighted by Crippen LogP contribution is 2.13. The molecule has 9 nitrogen and oxygen atoms in total. The van der Waals surface area contributed by atoms with Crippen molar-refractivity contribution in [1.82, 2.24) is 10.6 Å². The highest BCUT2D eigenvalue weighted by Gasteiger charge is 2.20. The number of nitrogens with one attached hydrogen (secondary N) is 3. The van der Waals surface area contributed by atoms with E-state index in [0.29, 0.717) is 0 Å². The van der Waals surface area contributed by atoms with Crippen LogP contribution in [0.1, 0.15) is 17.3 Å². The lowest BCUT2D eigenvalue weighted by Gasteiger charge is -2.13. The highest BCUT2D eigenvalue weighted by atomic mass is 32.2. The summed E-state index contributed by atoms with van der Waals surface area (Å²) < 4.78 is 29.5. The van der Waals surface area contributed by atoms with Gasteiger partial charge in [0.25, 0.3) is 5.91 Å². The molecule has 0 saturated heterocycles. The summed E-state index contributed by atoms with van der Waals surface area (Å²) in [6.07, 6.45) is -0.227. The third-order valence-electron chi connectivity index (χ3n) is 2.52. The second-order valence-corrected chi connectivity index (χ2v) is 6.32. The number of amides is 3. The molecule has 1 rings (SSSR count). The van der Waals surface area contributed by atoms with E-state index in [1.54, 1.807) is 0 Å². The van der Waals surface area contributed by atoms with Crippen molar-refractivity contribution in [3.63, 3.8) is 0 Å². The van der Waals surface area contributed by atoms with Gasteiger partial charge in [-0.25, -0.2) is 18.0 Å². The molecule has 23 heavy (non-hydrogen) atoms. The minimum absolute atomic E-state index is 0.0539. The number of carbonyl (C=O) groups excluding carboxylic acids is 3. The summed E-state index contributed by atoms with van der Waals surface area (Å²) in [5, 5.41) is 4.16. The maximum absolute atomic E-state index is 12.0. The van der Waals surface area contributed by atoms with Gasteiger partial charge in [0, 0.05) is 12.7 Å². The van der Waals surface area contributed by atoms with Crippen LogP contribution in [0.15, 0.2) is 24.3 Å². The average Bonchev–Trinajstić information content (AvgIpc) is 2.45. The first-order valence-corrected chi connectivity index (χ1v) is 8.33. The molecule has 0 spiro atoms. The highest BCUT2D eigenvalue weighted by molar-refractivity contribution is 7.92. The fraction of sp³-hybridized carbons (Fsp3) is 0.308. The summed E-state index contributed by atoms with van der Waals surface area (Å²) >= 11 is 0. The normalized spacial score (nSPS) is 12.0. The summed E-state index contributed by atoms with van der Waals surface area (Å²) in [5.41, 5.74) is 0.239. The Morgan fingerprint density at radius 2 is 1.87 bits per heavy atom. The molecule has 0 radical (unpaired) electrons. The van der Waals surface area contributed by atoms with Gasteiger partial charge in [0.15, 0.2) is 6.10 Å². The van der Waals surface area contributed by atoms with Crippen LogP contribution in [-0.2, 0) is 19.6 Å². The lowest BCUT2D eigenvalue weighted by molar-refractivity contribution is -0.127. The van der Waals surface area contributed by atoms with E-state index in [2.05, 4.69) is 10.0 Å². The summed E-state index contributed by atoms with van der Waals surface area (Å²) in [6.45, 7) is 1.30. The lowest BCUT2D eigenvalue weighted by Crippen LogP contribution is -2.43. The van der Waals surface area contributed by atoms with Crippen LogP contribution >= 0.6 is 0 Å². The Balaban J connectivity index is 2.76. The van der Waals surface area contributed by atoms with Crippen molar-refractivity contribution in [3.05, 3.63) is 29.8 Å². The molecule has 3 amide bonds. The van der Waals surface area contributed by atoms with E-state index in [0.717, 1.165) is 6.26 Å². The van der Waals surface area contributed by atoms with Crippen molar-refractivity contribution in [2.24, 2.45) is 0 Å². The number of hydrogen-bond donors (Lipinski definition) is 3. The molecule has 0 saturated carbocycles. The van der Waals surface area contributed by atoms with Gasteiger partial charge in [-0.2, -0.15) is 0 Å². The fourth-order valence-electron chi connectivity index (χ4n) is 1.48. The number of imide groups is 1. The molecule has 0 aromatic heterocycles. The molecular formula is C13H17N3O6S. The minimum atomic E-state index is -3.48. The van der Waals surface area contributed by atoms with Gasteiger partial charge in [-0.15, -0.1) is 0 Å². The smallest absolute Gasteiger partial charge is 0.338 e. The Hall–Kier alpha value is -2.62. The molecule has 1 unspecified atom stereocenters. The standard InChI is InChI=1S/C13H17N3O6S/c1-8(11(17)15-13(19)14-2)22-12(18)9-5-4-6-10(7-9)16-23(3,20)21/h4-8,16H,1-3H3,(H2,14,15,17,19). The number of benzene rings is 1. The van der Waals surface area contributed by atoms with Crippen LogP contribution in [0.4, 0.5) is 10.5 Å². The predicted octanol–water partition coefficient (Wildman–Crippen LogP) is 0.0590. The van der Waals surface area contributed by atoms with Crippen molar-refractivity contribution in [2.45, 2.75) is 13.0 Å². The van der Waals surface area contributed by atoms with Crippen molar-refractivity contribution in [2.75, 3.05) is 18.0 Å². The van der Waals surface area contributed by atoms with E-state index >= 15 is 0 Å². The molecule has 0 heterocycles. The first kappa shape index (κ1) is 18.4. The zero-order chi connectivity index (χ0) is 17.6. The molecule has 0 bridgehead atoms. The minimum Gasteiger partial charge on any atom is -0.449 e. The average molecular weight is 343 g/mol. The van der Waals surface area contributed by atoms with Crippen LogP contribution in [0.3, 0.4) is 0 Å². The van der Waals surface area contributed by atoms with E-state index in [4.69, 9.17) is 4.74 Å². The van der Waals surface area contributed by atoms with Gasteiger partial charge in [0.1, 0.15) is 0 Å². The van der Waals surface area contributed by atoms with E-state index in [1.807, 2.05) is 5.32 Å². The number of sulfonamides is 1. The Labute approximate surface area is 133 Å². The van der Waals surface area contributed by atoms with Gasteiger partial charge >= 0.3 is 12.0 Å². The SMILES string of the molecule is CNC(=O)NC(=O)C(C)OC(=O)c1cccc(NS(C)(=O)=O)c1. The Morgan fingerprint density at radius 3 is 2.43 bits per heavy atom. The molecule has 0 aliphatic carbocycles. The van der Waals surface area contributed by atoms with Gasteiger partial charge in [0.05, 0.1) is 11.8 Å². The zero-order valence-electron chi connectivity index (χ0n) is 12.7. The van der Waals surface area contributed by atoms with E-state index in [1.165, 1.54) is 38.2 Å². The predicted molar refractivity (Wildman–Crippen MR) is 82.4 cm³/mol. The number of esters is 1. The second-order valence-electron chi connectivity index (χ2n) is 4.57. The summed E-state index contributed by atoms with van der Waals surface area (Å²) in [5.74, 6) is -1.62. The van der Waals surface area contributed by atoms with Gasteiger partial charge < -0.3 is 10.1 Å². The third kappa shape index (κ3) is 6.34. The number of urea groups is 1. The largest absolute Gasteiger partial charge is 0.449 e. The molecule has 10 heteroatoms. The monoisotopic (exact) mass is 343 g/mol. The number of carbonyl (C=O) groups is 3. The molecule has 1 aromatic rings. The first-order valence-electron chi connectivity index (χ1n) is 6.44. The van der Waals surface area contributed by atoms with Crippen LogP contribution in [0.5, 0.6) is 0 Å². The van der Waals surface area contributed by atoms with Crippen LogP contribution in [0, 0.1) is 0 Å². The molecule has 0 aliphatic heterocycles. The number of hydrogen-bond acceptors (Lipinski definition) is 6. The maximum atomic E-state index is 12.0. The molecule has 1 atom stereocenters. The summed E-state index contributed by atoms with van der Waals surface area (Å²) in [6, 6.07) is 4.86. The quantitative estimate of drug-likeness (QED) is 0.648. The van der Waals surface area contributed by atoms with Gasteiger partial charge in [-0.3, -0.25) is 14.8 Å². The van der Waals surface area contributed by atoms with Gasteiger partial charge in [-0.1, -0.05) is 6.07 Å². The van der Waals surface area contributed by atoms with Gasteiger partial charge in [0.2, 0.25) is 10.0 Å². The molecule has 126 valence electrons. The Bertz CT molecular complexity index is 716. The lowest BCUT2D eigenvalue weighted by atomic mass is 10.2. The van der Waals surface area contributed by atoms with Crippen molar-refractivity contribution >= 4 is 33.6 Å². The Morgan fingerprint density at radius 1 is 1.22 bits per heavy atom. The number of rotatable bonds is 5. The van der Waals surface area contributed by atoms with Crippen LogP contribution in [0.2, 0.25) is 0 Å². The summed E-state index contributed by atoms with van der Waals surface area (Å²) in [7, 11) is -2.15. The molecule has 1 aromatic carbocycles. The van der Waals surface area contributed by atoms with E-state index in [9.17, 15) is 22.8 Å². The van der Waals surface area contributed by atoms with Crippen molar-refractivity contribution in [3.8, 4) is 0 Å².